The minimum absolute atomic E-state index is 0.214. The molecule has 4 nitrogen and oxygen atoms in total. The van der Waals surface area contributed by atoms with E-state index in [1.54, 1.807) is 0 Å². The third-order valence-electron chi connectivity index (χ3n) is 2.22. The average molecular weight is 266 g/mol. The Morgan fingerprint density at radius 3 is 2.60 bits per heavy atom. The second-order valence-electron chi connectivity index (χ2n) is 3.30. The van der Waals surface area contributed by atoms with E-state index in [1.807, 2.05) is 19.1 Å². The van der Waals surface area contributed by atoms with E-state index in [0.717, 1.165) is 14.1 Å². The van der Waals surface area contributed by atoms with E-state index in [1.165, 1.54) is 11.3 Å². The predicted molar refractivity (Wildman–Crippen MR) is 58.0 cm³/mol. The van der Waals surface area contributed by atoms with E-state index in [0.29, 0.717) is 0 Å². The molecule has 1 saturated heterocycles. The van der Waals surface area contributed by atoms with Gasteiger partial charge in [-0.25, -0.2) is 4.31 Å². The second-order valence-corrected chi connectivity index (χ2v) is 7.01. The van der Waals surface area contributed by atoms with Gasteiger partial charge < -0.3 is 0 Å². The number of halogens is 1. The second kappa shape index (κ2) is 3.47. The van der Waals surface area contributed by atoms with Crippen LogP contribution < -0.4 is 0 Å². The Hall–Kier alpha value is -0.590. The minimum Gasteiger partial charge on any atom is -0.274 e. The molecule has 7 heteroatoms. The Labute approximate surface area is 96.0 Å². The average Bonchev–Trinajstić information content (AvgIpc) is 2.43. The van der Waals surface area contributed by atoms with Gasteiger partial charge in [-0.3, -0.25) is 4.79 Å². The van der Waals surface area contributed by atoms with Gasteiger partial charge >= 0.3 is 9.24 Å². The van der Waals surface area contributed by atoms with Gasteiger partial charge in [0.1, 0.15) is 0 Å². The zero-order valence-electron chi connectivity index (χ0n) is 7.81. The summed E-state index contributed by atoms with van der Waals surface area (Å²) in [6.07, 6.45) is 0.214. The fraction of sp³-hybridized carbons (Fsp3) is 0.375. The summed E-state index contributed by atoms with van der Waals surface area (Å²) in [6, 6.07) is 3.31. The Morgan fingerprint density at radius 2 is 2.20 bits per heavy atom. The van der Waals surface area contributed by atoms with Crippen molar-refractivity contribution in [3.63, 3.8) is 0 Å². The number of carbonyl (C=O) groups is 1. The van der Waals surface area contributed by atoms with Gasteiger partial charge in [0.2, 0.25) is 5.91 Å². The lowest BCUT2D eigenvalue weighted by molar-refractivity contribution is -0.137. The van der Waals surface area contributed by atoms with Crippen LogP contribution in [0.15, 0.2) is 12.1 Å². The third kappa shape index (κ3) is 1.89. The fourth-order valence-corrected chi connectivity index (χ4v) is 3.89. The first-order chi connectivity index (χ1) is 6.89. The highest BCUT2D eigenvalue weighted by Crippen LogP contribution is 2.40. The van der Waals surface area contributed by atoms with Gasteiger partial charge in [0.15, 0.2) is 0 Å². The van der Waals surface area contributed by atoms with E-state index >= 15 is 0 Å². The molecule has 1 aliphatic rings. The summed E-state index contributed by atoms with van der Waals surface area (Å²) in [5.41, 5.74) is 0. The molecule has 1 fully saturated rings. The molecular formula is C8H8ClNO3S2. The molecule has 15 heavy (non-hydrogen) atoms. The van der Waals surface area contributed by atoms with Gasteiger partial charge in [-0.2, -0.15) is 8.42 Å². The SMILES string of the molecule is Cc1ccc(C2CC(=O)N2S(=O)(=O)Cl)s1. The van der Waals surface area contributed by atoms with Crippen molar-refractivity contribution in [2.24, 2.45) is 0 Å². The number of hydrogen-bond donors (Lipinski definition) is 0. The van der Waals surface area contributed by atoms with Crippen molar-refractivity contribution in [2.45, 2.75) is 19.4 Å². The molecule has 2 rings (SSSR count). The van der Waals surface area contributed by atoms with Crippen LogP contribution in [0.3, 0.4) is 0 Å². The van der Waals surface area contributed by atoms with Crippen LogP contribution in [0.25, 0.3) is 0 Å². The maximum absolute atomic E-state index is 11.1. The van der Waals surface area contributed by atoms with Gasteiger partial charge in [0.25, 0.3) is 0 Å². The first-order valence-corrected chi connectivity index (χ1v) is 7.31. The van der Waals surface area contributed by atoms with E-state index < -0.39 is 21.2 Å². The first kappa shape index (κ1) is 10.9. The standard InChI is InChI=1S/C8H8ClNO3S2/c1-5-2-3-7(14-5)6-4-8(11)10(6)15(9,12)13/h2-3,6H,4H2,1H3. The first-order valence-electron chi connectivity index (χ1n) is 4.23. The van der Waals surface area contributed by atoms with Crippen LogP contribution >= 0.6 is 22.0 Å². The number of amides is 1. The lowest BCUT2D eigenvalue weighted by Gasteiger charge is -2.36. The predicted octanol–water partition coefficient (Wildman–Crippen LogP) is 1.81. The maximum atomic E-state index is 11.1. The van der Waals surface area contributed by atoms with Crippen LogP contribution in [0.1, 0.15) is 22.2 Å². The summed E-state index contributed by atoms with van der Waals surface area (Å²) in [4.78, 5) is 13.1. The quantitative estimate of drug-likeness (QED) is 0.605. The summed E-state index contributed by atoms with van der Waals surface area (Å²) >= 11 is 1.48. The van der Waals surface area contributed by atoms with Gasteiger partial charge in [-0.05, 0) is 19.1 Å². The van der Waals surface area contributed by atoms with Gasteiger partial charge in [0, 0.05) is 20.4 Å². The highest BCUT2D eigenvalue weighted by Gasteiger charge is 2.45. The fourth-order valence-electron chi connectivity index (χ4n) is 1.52. The number of carbonyl (C=O) groups excluding carboxylic acids is 1. The van der Waals surface area contributed by atoms with Crippen molar-refractivity contribution in [1.29, 1.82) is 0 Å². The van der Waals surface area contributed by atoms with Crippen LogP contribution in [-0.4, -0.2) is 18.6 Å². The molecule has 1 atom stereocenters. The monoisotopic (exact) mass is 265 g/mol. The number of hydrogen-bond acceptors (Lipinski definition) is 4. The van der Waals surface area contributed by atoms with Crippen LogP contribution in [-0.2, 0) is 14.0 Å². The molecule has 0 aliphatic carbocycles. The minimum atomic E-state index is -3.94. The molecule has 1 aromatic rings. The zero-order chi connectivity index (χ0) is 11.2. The number of nitrogens with zero attached hydrogens (tertiary/aromatic N) is 1. The molecule has 1 amide bonds. The van der Waals surface area contributed by atoms with Crippen LogP contribution in [0.5, 0.6) is 0 Å². The number of rotatable bonds is 2. The molecule has 0 aromatic carbocycles. The topological polar surface area (TPSA) is 54.5 Å². The molecule has 82 valence electrons. The zero-order valence-corrected chi connectivity index (χ0v) is 10.2. The molecule has 1 aliphatic heterocycles. The molecule has 0 spiro atoms. The number of aryl methyl sites for hydroxylation is 1. The summed E-state index contributed by atoms with van der Waals surface area (Å²) in [5.74, 6) is -0.443. The smallest absolute Gasteiger partial charge is 0.274 e. The van der Waals surface area contributed by atoms with Crippen LogP contribution in [0, 0.1) is 6.92 Å². The highest BCUT2D eigenvalue weighted by molar-refractivity contribution is 8.12. The lowest BCUT2D eigenvalue weighted by Crippen LogP contribution is -2.47. The lowest BCUT2D eigenvalue weighted by atomic mass is 10.1. The Kier molecular flexibility index (Phi) is 2.52. The van der Waals surface area contributed by atoms with Crippen LogP contribution in [0.4, 0.5) is 0 Å². The number of thiophene rings is 1. The van der Waals surface area contributed by atoms with Gasteiger partial charge in [0.05, 0.1) is 12.5 Å². The van der Waals surface area contributed by atoms with E-state index in [-0.39, 0.29) is 6.42 Å². The summed E-state index contributed by atoms with van der Waals surface area (Å²) in [6.45, 7) is 1.92. The summed E-state index contributed by atoms with van der Waals surface area (Å²) in [5, 5.41) is 0. The van der Waals surface area contributed by atoms with Crippen molar-refractivity contribution < 1.29 is 13.2 Å². The Balaban J connectivity index is 2.30. The van der Waals surface area contributed by atoms with Crippen molar-refractivity contribution in [3.05, 3.63) is 21.9 Å². The molecule has 1 unspecified atom stereocenters. The van der Waals surface area contributed by atoms with Gasteiger partial charge in [-0.1, -0.05) is 0 Å². The van der Waals surface area contributed by atoms with E-state index in [2.05, 4.69) is 0 Å². The molecule has 2 heterocycles. The third-order valence-corrected chi connectivity index (χ3v) is 4.70. The molecule has 0 N–H and O–H groups in total. The van der Waals surface area contributed by atoms with Gasteiger partial charge in [-0.15, -0.1) is 11.3 Å². The summed E-state index contributed by atoms with van der Waals surface area (Å²) < 4.78 is 22.9. The van der Waals surface area contributed by atoms with Crippen molar-refractivity contribution in [3.8, 4) is 0 Å². The Bertz CT molecular complexity index is 508. The largest absolute Gasteiger partial charge is 0.324 e. The Morgan fingerprint density at radius 1 is 1.53 bits per heavy atom. The van der Waals surface area contributed by atoms with Crippen molar-refractivity contribution in [2.75, 3.05) is 0 Å². The highest BCUT2D eigenvalue weighted by atomic mass is 35.7. The maximum Gasteiger partial charge on any atom is 0.324 e. The normalized spacial score (nSPS) is 21.6. The van der Waals surface area contributed by atoms with E-state index in [4.69, 9.17) is 10.7 Å². The van der Waals surface area contributed by atoms with Crippen LogP contribution in [0.2, 0.25) is 0 Å². The van der Waals surface area contributed by atoms with E-state index in [9.17, 15) is 13.2 Å². The molecule has 0 radical (unpaired) electrons. The molecular weight excluding hydrogens is 258 g/mol. The molecule has 0 bridgehead atoms. The van der Waals surface area contributed by atoms with Crippen molar-refractivity contribution in [1.82, 2.24) is 4.31 Å². The molecule has 1 aromatic heterocycles. The van der Waals surface area contributed by atoms with Crippen molar-refractivity contribution >= 4 is 37.2 Å². The molecule has 0 saturated carbocycles. The summed E-state index contributed by atoms with van der Waals surface area (Å²) in [7, 11) is 1.22. The number of β-lactam (4-membered cyclic amide) rings is 1.